The second kappa shape index (κ2) is 6.57. The van der Waals surface area contributed by atoms with Gasteiger partial charge in [-0.3, -0.25) is 4.98 Å². The maximum absolute atomic E-state index is 9.35. The highest BCUT2D eigenvalue weighted by Crippen LogP contribution is 2.32. The minimum absolute atomic E-state index is 0.129. The van der Waals surface area contributed by atoms with E-state index in [0.717, 1.165) is 35.0 Å². The van der Waals surface area contributed by atoms with E-state index < -0.39 is 0 Å². The zero-order chi connectivity index (χ0) is 14.5. The fraction of sp³-hybridized carbons (Fsp3) is 0.438. The lowest BCUT2D eigenvalue weighted by molar-refractivity contribution is 0.296. The van der Waals surface area contributed by atoms with Crippen molar-refractivity contribution in [2.45, 2.75) is 32.7 Å². The smallest absolute Gasteiger partial charge is 0.0632 e. The number of hydrogen-bond donors (Lipinski definition) is 2. The van der Waals surface area contributed by atoms with Crippen molar-refractivity contribution < 1.29 is 5.11 Å². The molecule has 0 bridgehead atoms. The van der Waals surface area contributed by atoms with E-state index in [1.54, 1.807) is 6.20 Å². The Kier molecular flexibility index (Phi) is 4.79. The Morgan fingerprint density at radius 3 is 2.65 bits per heavy atom. The summed E-state index contributed by atoms with van der Waals surface area (Å²) in [5.74, 6) is 0. The van der Waals surface area contributed by atoms with E-state index in [1.807, 2.05) is 24.4 Å². The molecule has 0 saturated carbocycles. The molecular formula is C16H23N3O. The molecular weight excluding hydrogens is 250 g/mol. The third-order valence-corrected chi connectivity index (χ3v) is 3.87. The molecule has 1 aromatic heterocycles. The molecule has 0 amide bonds. The number of nitrogen functional groups attached to an aromatic ring is 1. The summed E-state index contributed by atoms with van der Waals surface area (Å²) in [5, 5.41) is 11.4. The molecule has 0 fully saturated rings. The minimum Gasteiger partial charge on any atom is -0.397 e. The Balaban J connectivity index is 2.50. The normalized spacial score (nSPS) is 11.2. The summed E-state index contributed by atoms with van der Waals surface area (Å²) in [5.41, 5.74) is 8.12. The van der Waals surface area contributed by atoms with Crippen molar-refractivity contribution in [3.8, 4) is 0 Å². The van der Waals surface area contributed by atoms with Gasteiger partial charge in [-0.25, -0.2) is 0 Å². The number of rotatable bonds is 6. The average Bonchev–Trinajstić information content (AvgIpc) is 2.48. The summed E-state index contributed by atoms with van der Waals surface area (Å²) in [6.07, 6.45) is 5.65. The lowest BCUT2D eigenvalue weighted by Gasteiger charge is -2.33. The van der Waals surface area contributed by atoms with Crippen LogP contribution in [0.1, 0.15) is 26.7 Å². The van der Waals surface area contributed by atoms with Crippen LogP contribution in [0.2, 0.25) is 0 Å². The summed E-state index contributed by atoms with van der Waals surface area (Å²) in [4.78, 5) is 6.34. The van der Waals surface area contributed by atoms with Crippen molar-refractivity contribution in [1.82, 2.24) is 4.98 Å². The number of anilines is 2. The van der Waals surface area contributed by atoms with Crippen molar-refractivity contribution >= 4 is 22.1 Å². The molecule has 0 radical (unpaired) electrons. The molecule has 3 N–H and O–H groups in total. The van der Waals surface area contributed by atoms with Crippen molar-refractivity contribution in [2.24, 2.45) is 0 Å². The van der Waals surface area contributed by atoms with Crippen LogP contribution in [0, 0.1) is 0 Å². The monoisotopic (exact) mass is 273 g/mol. The molecule has 4 nitrogen and oxygen atoms in total. The van der Waals surface area contributed by atoms with Gasteiger partial charge in [-0.15, -0.1) is 0 Å². The molecule has 0 aliphatic rings. The first-order valence-corrected chi connectivity index (χ1v) is 7.22. The molecule has 0 spiro atoms. The number of aliphatic hydroxyl groups excluding tert-OH is 1. The van der Waals surface area contributed by atoms with Gasteiger partial charge in [0, 0.05) is 35.8 Å². The van der Waals surface area contributed by atoms with E-state index in [-0.39, 0.29) is 6.61 Å². The SMILES string of the molecule is CCC(CC)N(CCO)c1ccc2cnccc2c1N. The van der Waals surface area contributed by atoms with Gasteiger partial charge in [-0.05, 0) is 25.0 Å². The molecule has 2 aromatic rings. The summed E-state index contributed by atoms with van der Waals surface area (Å²) < 4.78 is 0. The van der Waals surface area contributed by atoms with Gasteiger partial charge < -0.3 is 15.7 Å². The summed E-state index contributed by atoms with van der Waals surface area (Å²) in [6, 6.07) is 6.41. The summed E-state index contributed by atoms with van der Waals surface area (Å²) in [7, 11) is 0. The van der Waals surface area contributed by atoms with Gasteiger partial charge in [0.05, 0.1) is 18.0 Å². The number of aromatic nitrogens is 1. The van der Waals surface area contributed by atoms with E-state index >= 15 is 0 Å². The van der Waals surface area contributed by atoms with Gasteiger partial charge in [-0.2, -0.15) is 0 Å². The van der Waals surface area contributed by atoms with Crippen molar-refractivity contribution in [3.05, 3.63) is 30.6 Å². The van der Waals surface area contributed by atoms with Gasteiger partial charge in [0.1, 0.15) is 0 Å². The van der Waals surface area contributed by atoms with Crippen LogP contribution in [0.15, 0.2) is 30.6 Å². The van der Waals surface area contributed by atoms with Crippen molar-refractivity contribution in [2.75, 3.05) is 23.8 Å². The van der Waals surface area contributed by atoms with E-state index in [0.29, 0.717) is 12.6 Å². The van der Waals surface area contributed by atoms with Gasteiger partial charge in [0.15, 0.2) is 0 Å². The Morgan fingerprint density at radius 1 is 1.25 bits per heavy atom. The van der Waals surface area contributed by atoms with Crippen molar-refractivity contribution in [3.63, 3.8) is 0 Å². The third-order valence-electron chi connectivity index (χ3n) is 3.87. The Labute approximate surface area is 120 Å². The van der Waals surface area contributed by atoms with E-state index in [2.05, 4.69) is 23.7 Å². The van der Waals surface area contributed by atoms with E-state index in [9.17, 15) is 5.11 Å². The topological polar surface area (TPSA) is 62.4 Å². The van der Waals surface area contributed by atoms with Crippen LogP contribution in [-0.4, -0.2) is 29.3 Å². The maximum Gasteiger partial charge on any atom is 0.0632 e. The zero-order valence-electron chi connectivity index (χ0n) is 12.2. The first-order valence-electron chi connectivity index (χ1n) is 7.22. The number of aliphatic hydroxyl groups is 1. The highest BCUT2D eigenvalue weighted by Gasteiger charge is 2.18. The average molecular weight is 273 g/mol. The quantitative estimate of drug-likeness (QED) is 0.794. The standard InChI is InChI=1S/C16H23N3O/c1-3-13(4-2)19(9-10-20)15-6-5-12-11-18-8-7-14(12)16(15)17/h5-8,11,13,20H,3-4,9-10,17H2,1-2H3. The Morgan fingerprint density at radius 2 is 2.00 bits per heavy atom. The van der Waals surface area contributed by atoms with Crippen LogP contribution >= 0.6 is 0 Å². The first kappa shape index (κ1) is 14.6. The molecule has 4 heteroatoms. The number of nitrogens with zero attached hydrogens (tertiary/aromatic N) is 2. The largest absolute Gasteiger partial charge is 0.397 e. The van der Waals surface area contributed by atoms with E-state index in [1.165, 1.54) is 0 Å². The number of fused-ring (bicyclic) bond motifs is 1. The van der Waals surface area contributed by atoms with Gasteiger partial charge in [0.2, 0.25) is 0 Å². The zero-order valence-corrected chi connectivity index (χ0v) is 12.2. The Bertz CT molecular complexity index is 567. The molecule has 0 unspecified atom stereocenters. The van der Waals surface area contributed by atoms with Gasteiger partial charge in [-0.1, -0.05) is 19.9 Å². The third kappa shape index (κ3) is 2.70. The fourth-order valence-corrected chi connectivity index (χ4v) is 2.77. The maximum atomic E-state index is 9.35. The molecule has 0 saturated heterocycles. The second-order valence-electron chi connectivity index (χ2n) is 4.98. The second-order valence-corrected chi connectivity index (χ2v) is 4.98. The molecule has 1 heterocycles. The van der Waals surface area contributed by atoms with E-state index in [4.69, 9.17) is 5.73 Å². The Hall–Kier alpha value is -1.81. The van der Waals surface area contributed by atoms with Crippen molar-refractivity contribution in [1.29, 1.82) is 0 Å². The molecule has 20 heavy (non-hydrogen) atoms. The first-order chi connectivity index (χ1) is 9.72. The van der Waals surface area contributed by atoms with Crippen LogP contribution in [0.25, 0.3) is 10.8 Å². The molecule has 1 aromatic carbocycles. The summed E-state index contributed by atoms with van der Waals surface area (Å²) >= 11 is 0. The molecule has 0 aliphatic heterocycles. The predicted octanol–water partition coefficient (Wildman–Crippen LogP) is 2.80. The minimum atomic E-state index is 0.129. The fourth-order valence-electron chi connectivity index (χ4n) is 2.77. The molecule has 0 atom stereocenters. The number of hydrogen-bond acceptors (Lipinski definition) is 4. The lowest BCUT2D eigenvalue weighted by atomic mass is 10.1. The van der Waals surface area contributed by atoms with Crippen LogP contribution in [-0.2, 0) is 0 Å². The highest BCUT2D eigenvalue weighted by atomic mass is 16.3. The van der Waals surface area contributed by atoms with Gasteiger partial charge in [0.25, 0.3) is 0 Å². The lowest BCUT2D eigenvalue weighted by Crippen LogP contribution is -2.37. The molecule has 108 valence electrons. The number of nitrogens with two attached hydrogens (primary N) is 1. The van der Waals surface area contributed by atoms with Crippen LogP contribution in [0.5, 0.6) is 0 Å². The molecule has 0 aliphatic carbocycles. The van der Waals surface area contributed by atoms with Crippen LogP contribution < -0.4 is 10.6 Å². The predicted molar refractivity (Wildman–Crippen MR) is 85.0 cm³/mol. The van der Waals surface area contributed by atoms with Crippen LogP contribution in [0.3, 0.4) is 0 Å². The number of benzene rings is 1. The van der Waals surface area contributed by atoms with Crippen LogP contribution in [0.4, 0.5) is 11.4 Å². The highest BCUT2D eigenvalue weighted by molar-refractivity contribution is 5.98. The molecule has 2 rings (SSSR count). The number of pyridine rings is 1. The summed E-state index contributed by atoms with van der Waals surface area (Å²) in [6.45, 7) is 5.07. The van der Waals surface area contributed by atoms with Gasteiger partial charge >= 0.3 is 0 Å².